The Hall–Kier alpha value is -2.10. The molecule has 1 atom stereocenters. The van der Waals surface area contributed by atoms with Gasteiger partial charge in [-0.1, -0.05) is 34.1 Å². The lowest BCUT2D eigenvalue weighted by Gasteiger charge is -2.15. The van der Waals surface area contributed by atoms with Crippen molar-refractivity contribution >= 4 is 61.1 Å². The van der Waals surface area contributed by atoms with E-state index in [4.69, 9.17) is 4.74 Å². The molecular weight excluding hydrogens is 462 g/mol. The smallest absolute Gasteiger partial charge is 0.279 e. The highest BCUT2D eigenvalue weighted by Gasteiger charge is 2.15. The molecule has 0 spiro atoms. The number of nitrogens with zero attached hydrogens (tertiary/aromatic N) is 1. The average molecular weight is 480 g/mol. The first-order chi connectivity index (χ1) is 13.5. The van der Waals surface area contributed by atoms with E-state index < -0.39 is 12.0 Å². The maximum atomic E-state index is 12.1. The Labute approximate surface area is 179 Å². The van der Waals surface area contributed by atoms with Gasteiger partial charge in [0.05, 0.1) is 16.0 Å². The minimum Gasteiger partial charge on any atom is -0.481 e. The van der Waals surface area contributed by atoms with E-state index in [0.29, 0.717) is 11.5 Å². The number of aromatic nitrogens is 1. The topological polar surface area (TPSA) is 80.3 Å². The number of hydrazine groups is 1. The molecule has 1 aromatic heterocycles. The zero-order valence-corrected chi connectivity index (χ0v) is 18.2. The van der Waals surface area contributed by atoms with E-state index in [9.17, 15) is 9.59 Å². The number of ether oxygens (including phenoxy) is 1. The number of amides is 2. The molecule has 0 unspecified atom stereocenters. The Morgan fingerprint density at radius 2 is 2.04 bits per heavy atom. The average Bonchev–Trinajstić information content (AvgIpc) is 3.09. The van der Waals surface area contributed by atoms with Gasteiger partial charge in [-0.15, -0.1) is 23.1 Å². The predicted octanol–water partition coefficient (Wildman–Crippen LogP) is 3.91. The van der Waals surface area contributed by atoms with Crippen LogP contribution in [-0.4, -0.2) is 28.7 Å². The van der Waals surface area contributed by atoms with Crippen LogP contribution >= 0.6 is 39.0 Å². The molecule has 0 saturated carbocycles. The molecule has 2 N–H and O–H groups in total. The summed E-state index contributed by atoms with van der Waals surface area (Å²) in [5, 5.41) is 0.971. The fraction of sp³-hybridized carbons (Fsp3) is 0.211. The van der Waals surface area contributed by atoms with E-state index in [1.165, 1.54) is 11.8 Å². The minimum absolute atomic E-state index is 0.219. The van der Waals surface area contributed by atoms with Gasteiger partial charge in [0.15, 0.2) is 6.10 Å². The monoisotopic (exact) mass is 479 g/mol. The highest BCUT2D eigenvalue weighted by atomic mass is 79.9. The van der Waals surface area contributed by atoms with Gasteiger partial charge >= 0.3 is 0 Å². The number of para-hydroxylation sites is 1. The van der Waals surface area contributed by atoms with Gasteiger partial charge in [-0.25, -0.2) is 4.98 Å². The summed E-state index contributed by atoms with van der Waals surface area (Å²) in [4.78, 5) is 28.5. The summed E-state index contributed by atoms with van der Waals surface area (Å²) < 4.78 is 7.54. The first kappa shape index (κ1) is 20.6. The van der Waals surface area contributed by atoms with Crippen molar-refractivity contribution < 1.29 is 14.3 Å². The number of thiazole rings is 1. The van der Waals surface area contributed by atoms with Gasteiger partial charge in [0, 0.05) is 10.2 Å². The van der Waals surface area contributed by atoms with Crippen molar-refractivity contribution in [2.45, 2.75) is 18.8 Å². The molecular formula is C19H18BrN3O3S2. The summed E-state index contributed by atoms with van der Waals surface area (Å²) in [6.45, 7) is 1.62. The van der Waals surface area contributed by atoms with Crippen molar-refractivity contribution in [2.75, 3.05) is 5.75 Å². The molecule has 0 saturated heterocycles. The molecule has 0 radical (unpaired) electrons. The second-order valence-corrected chi connectivity index (χ2v) is 8.84. The first-order valence-corrected chi connectivity index (χ1v) is 11.2. The molecule has 2 amide bonds. The van der Waals surface area contributed by atoms with Gasteiger partial charge in [0.25, 0.3) is 5.91 Å². The van der Waals surface area contributed by atoms with Crippen molar-refractivity contribution in [1.82, 2.24) is 15.8 Å². The fourth-order valence-corrected chi connectivity index (χ4v) is 4.51. The normalized spacial score (nSPS) is 11.8. The zero-order valence-electron chi connectivity index (χ0n) is 15.0. The van der Waals surface area contributed by atoms with Gasteiger partial charge in [0.1, 0.15) is 10.8 Å². The molecule has 2 aromatic carbocycles. The molecule has 0 aliphatic carbocycles. The molecule has 0 aliphatic rings. The van der Waals surface area contributed by atoms with Crippen LogP contribution in [0, 0.1) is 0 Å². The summed E-state index contributed by atoms with van der Waals surface area (Å²) in [5.41, 5.74) is 5.76. The van der Waals surface area contributed by atoms with E-state index in [0.717, 1.165) is 19.7 Å². The number of carbonyl (C=O) groups excluding carboxylic acids is 2. The Morgan fingerprint density at radius 3 is 2.82 bits per heavy atom. The Bertz CT molecular complexity index is 947. The number of hydrogen-bond donors (Lipinski definition) is 2. The number of benzene rings is 2. The first-order valence-electron chi connectivity index (χ1n) is 8.44. The van der Waals surface area contributed by atoms with Crippen LogP contribution in [0.1, 0.15) is 11.9 Å². The number of hydrogen-bond acceptors (Lipinski definition) is 6. The van der Waals surface area contributed by atoms with Crippen molar-refractivity contribution in [3.63, 3.8) is 0 Å². The Morgan fingerprint density at radius 1 is 1.21 bits per heavy atom. The molecule has 0 bridgehead atoms. The third-order valence-corrected chi connectivity index (χ3v) is 6.26. The number of fused-ring (bicyclic) bond motifs is 1. The zero-order chi connectivity index (χ0) is 19.9. The molecule has 3 aromatic rings. The second-order valence-electron chi connectivity index (χ2n) is 5.82. The largest absolute Gasteiger partial charge is 0.481 e. The lowest BCUT2D eigenvalue weighted by Crippen LogP contribution is -2.47. The van der Waals surface area contributed by atoms with E-state index in [2.05, 4.69) is 31.8 Å². The van der Waals surface area contributed by atoms with E-state index >= 15 is 0 Å². The SMILES string of the molecule is C[C@@H](Oc1cccc(Br)c1)C(=O)NNC(=O)CSCc1nc2ccccc2s1. The number of carbonyl (C=O) groups is 2. The van der Waals surface area contributed by atoms with Crippen LogP contribution in [0.15, 0.2) is 53.0 Å². The van der Waals surface area contributed by atoms with Crippen LogP contribution in [0.3, 0.4) is 0 Å². The highest BCUT2D eigenvalue weighted by molar-refractivity contribution is 9.10. The van der Waals surface area contributed by atoms with E-state index in [1.807, 2.05) is 36.4 Å². The maximum Gasteiger partial charge on any atom is 0.279 e. The second kappa shape index (κ2) is 9.90. The fourth-order valence-electron chi connectivity index (χ4n) is 2.28. The summed E-state index contributed by atoms with van der Waals surface area (Å²) in [6.07, 6.45) is -0.745. The lowest BCUT2D eigenvalue weighted by atomic mass is 10.3. The molecule has 0 aliphatic heterocycles. The van der Waals surface area contributed by atoms with Crippen LogP contribution in [0.5, 0.6) is 5.75 Å². The van der Waals surface area contributed by atoms with E-state index in [-0.39, 0.29) is 11.7 Å². The highest BCUT2D eigenvalue weighted by Crippen LogP contribution is 2.24. The third kappa shape index (κ3) is 5.95. The molecule has 1 heterocycles. The van der Waals surface area contributed by atoms with E-state index in [1.54, 1.807) is 30.4 Å². The number of rotatable bonds is 7. The molecule has 28 heavy (non-hydrogen) atoms. The number of thioether (sulfide) groups is 1. The number of nitrogens with one attached hydrogen (secondary N) is 2. The number of halogens is 1. The van der Waals surface area contributed by atoms with Crippen LogP contribution in [0.25, 0.3) is 10.2 Å². The van der Waals surface area contributed by atoms with Crippen molar-refractivity contribution in [3.05, 3.63) is 58.0 Å². The van der Waals surface area contributed by atoms with Crippen LogP contribution in [0.2, 0.25) is 0 Å². The van der Waals surface area contributed by atoms with Gasteiger partial charge in [-0.2, -0.15) is 0 Å². The molecule has 146 valence electrons. The van der Waals surface area contributed by atoms with Gasteiger partial charge < -0.3 is 4.74 Å². The van der Waals surface area contributed by atoms with Crippen LogP contribution in [0.4, 0.5) is 0 Å². The summed E-state index contributed by atoms with van der Waals surface area (Å²) >= 11 is 6.41. The summed E-state index contributed by atoms with van der Waals surface area (Å²) in [7, 11) is 0. The van der Waals surface area contributed by atoms with Gasteiger partial charge in [0.2, 0.25) is 5.91 Å². The molecule has 0 fully saturated rings. The molecule has 3 rings (SSSR count). The van der Waals surface area contributed by atoms with Crippen LogP contribution in [-0.2, 0) is 15.3 Å². The Kier molecular flexibility index (Phi) is 7.30. The van der Waals surface area contributed by atoms with Gasteiger partial charge in [-0.3, -0.25) is 20.4 Å². The van der Waals surface area contributed by atoms with Crippen molar-refractivity contribution in [2.24, 2.45) is 0 Å². The van der Waals surface area contributed by atoms with Crippen molar-refractivity contribution in [1.29, 1.82) is 0 Å². The lowest BCUT2D eigenvalue weighted by molar-refractivity contribution is -0.131. The summed E-state index contributed by atoms with van der Waals surface area (Å²) in [6, 6.07) is 15.1. The third-order valence-electron chi connectivity index (χ3n) is 3.60. The standard InChI is InChI=1S/C19H18BrN3O3S2/c1-12(26-14-6-4-5-13(20)9-14)19(25)23-22-17(24)10-27-11-18-21-15-7-2-3-8-16(15)28-18/h2-9,12H,10-11H2,1H3,(H,22,24)(H,23,25)/t12-/m1/s1. The Balaban J connectivity index is 1.38. The minimum atomic E-state index is -0.745. The van der Waals surface area contributed by atoms with Crippen molar-refractivity contribution in [3.8, 4) is 5.75 Å². The quantitative estimate of drug-likeness (QED) is 0.502. The predicted molar refractivity (Wildman–Crippen MR) is 116 cm³/mol. The van der Waals surface area contributed by atoms with Crippen LogP contribution < -0.4 is 15.6 Å². The summed E-state index contributed by atoms with van der Waals surface area (Å²) in [5.74, 6) is 0.716. The maximum absolute atomic E-state index is 12.1. The van der Waals surface area contributed by atoms with Gasteiger partial charge in [-0.05, 0) is 37.3 Å². The molecule has 6 nitrogen and oxygen atoms in total. The molecule has 9 heteroatoms.